The lowest BCUT2D eigenvalue weighted by atomic mass is 10.2. The fourth-order valence-corrected chi connectivity index (χ4v) is 0.982. The highest BCUT2D eigenvalue weighted by atomic mass is 16.9. The Morgan fingerprint density at radius 3 is 3.00 bits per heavy atom. The molecule has 0 aliphatic carbocycles. The molecule has 0 saturated carbocycles. The van der Waals surface area contributed by atoms with Crippen LogP contribution in [-0.4, -0.2) is 36.3 Å². The second kappa shape index (κ2) is 5.59. The van der Waals surface area contributed by atoms with Crippen LogP contribution in [0.2, 0.25) is 0 Å². The molecule has 1 N–H and O–H groups in total. The van der Waals surface area contributed by atoms with E-state index in [0.29, 0.717) is 0 Å². The van der Waals surface area contributed by atoms with Gasteiger partial charge in [-0.25, -0.2) is 4.99 Å². The first-order valence-corrected chi connectivity index (χ1v) is 4.42. The molecule has 8 heteroatoms. The molecule has 0 fully saturated rings. The number of hydrogen-bond acceptors (Lipinski definition) is 5. The van der Waals surface area contributed by atoms with Crippen molar-refractivity contribution in [1.29, 1.82) is 0 Å². The minimum absolute atomic E-state index is 0.0128. The van der Waals surface area contributed by atoms with Crippen molar-refractivity contribution in [2.45, 2.75) is 6.42 Å². The van der Waals surface area contributed by atoms with Crippen LogP contribution in [0.1, 0.15) is 6.42 Å². The van der Waals surface area contributed by atoms with Gasteiger partial charge in [-0.2, -0.15) is 0 Å². The Morgan fingerprint density at radius 2 is 2.44 bits per heavy atom. The third-order valence-electron chi connectivity index (χ3n) is 1.69. The topological polar surface area (TPSA) is 111 Å². The van der Waals surface area contributed by atoms with Crippen molar-refractivity contribution in [2.24, 2.45) is 4.99 Å². The molecule has 0 aromatic rings. The maximum absolute atomic E-state index is 11.3. The Labute approximate surface area is 90.1 Å². The van der Waals surface area contributed by atoms with E-state index in [1.807, 2.05) is 0 Å². The lowest BCUT2D eigenvalue weighted by molar-refractivity contribution is -0.757. The summed E-state index contributed by atoms with van der Waals surface area (Å²) in [4.78, 5) is 39.3. The Balaban J connectivity index is 2.28. The largest absolute Gasteiger partial charge is 0.350 e. The maximum Gasteiger partial charge on any atom is 0.294 e. The van der Waals surface area contributed by atoms with Gasteiger partial charge in [0.05, 0.1) is 5.57 Å². The SMILES string of the molecule is O=C1CC=C(C(=O)NCCO[N+](=O)[O-])C=N1. The number of nitrogens with zero attached hydrogens (tertiary/aromatic N) is 2. The van der Waals surface area contributed by atoms with Crippen LogP contribution in [-0.2, 0) is 14.4 Å². The van der Waals surface area contributed by atoms with Crippen molar-refractivity contribution in [3.63, 3.8) is 0 Å². The number of aliphatic imine (C=N–C) groups is 1. The van der Waals surface area contributed by atoms with Gasteiger partial charge >= 0.3 is 0 Å². The van der Waals surface area contributed by atoms with Gasteiger partial charge in [0.15, 0.2) is 0 Å². The molecule has 2 amide bonds. The maximum atomic E-state index is 11.3. The molecular formula is C8H9N3O5. The first kappa shape index (κ1) is 11.8. The van der Waals surface area contributed by atoms with E-state index in [1.54, 1.807) is 0 Å². The van der Waals surface area contributed by atoms with E-state index >= 15 is 0 Å². The van der Waals surface area contributed by atoms with E-state index in [0.717, 1.165) is 6.21 Å². The molecule has 0 unspecified atom stereocenters. The van der Waals surface area contributed by atoms with Gasteiger partial charge in [-0.15, -0.1) is 10.1 Å². The van der Waals surface area contributed by atoms with Gasteiger partial charge < -0.3 is 10.2 Å². The van der Waals surface area contributed by atoms with Gasteiger partial charge in [0.25, 0.3) is 11.0 Å². The van der Waals surface area contributed by atoms with E-state index in [-0.39, 0.29) is 31.1 Å². The summed E-state index contributed by atoms with van der Waals surface area (Å²) in [7, 11) is 0. The molecule has 0 saturated heterocycles. The van der Waals surface area contributed by atoms with Crippen molar-refractivity contribution >= 4 is 18.0 Å². The molecule has 1 heterocycles. The molecule has 0 aromatic heterocycles. The average molecular weight is 227 g/mol. The van der Waals surface area contributed by atoms with Crippen LogP contribution in [0.4, 0.5) is 0 Å². The van der Waals surface area contributed by atoms with Crippen molar-refractivity contribution in [3.05, 3.63) is 21.8 Å². The summed E-state index contributed by atoms with van der Waals surface area (Å²) in [6, 6.07) is 0. The standard InChI is InChI=1S/C8H9N3O5/c12-7-2-1-6(5-10-7)8(13)9-3-4-16-11(14)15/h1,5H,2-4H2,(H,9,13). The summed E-state index contributed by atoms with van der Waals surface area (Å²) >= 11 is 0. The molecule has 86 valence electrons. The Kier molecular flexibility index (Phi) is 4.13. The number of amides is 2. The second-order valence-corrected chi connectivity index (χ2v) is 2.83. The zero-order valence-corrected chi connectivity index (χ0v) is 8.21. The monoisotopic (exact) mass is 227 g/mol. The first-order chi connectivity index (χ1) is 7.59. The van der Waals surface area contributed by atoms with E-state index < -0.39 is 11.0 Å². The molecule has 0 spiro atoms. The van der Waals surface area contributed by atoms with Crippen molar-refractivity contribution < 1.29 is 19.5 Å². The normalized spacial score (nSPS) is 14.2. The molecule has 1 rings (SSSR count). The number of carbonyl (C=O) groups excluding carboxylic acids is 2. The van der Waals surface area contributed by atoms with Crippen LogP contribution in [0.25, 0.3) is 0 Å². The summed E-state index contributed by atoms with van der Waals surface area (Å²) in [6.07, 6.45) is 2.69. The molecular weight excluding hydrogens is 218 g/mol. The molecule has 16 heavy (non-hydrogen) atoms. The van der Waals surface area contributed by atoms with Gasteiger partial charge in [-0.05, 0) is 0 Å². The Bertz CT molecular complexity index is 374. The molecule has 1 aliphatic rings. The highest BCUT2D eigenvalue weighted by Crippen LogP contribution is 2.02. The third kappa shape index (κ3) is 3.86. The van der Waals surface area contributed by atoms with Crippen LogP contribution >= 0.6 is 0 Å². The molecule has 0 radical (unpaired) electrons. The minimum atomic E-state index is -0.938. The van der Waals surface area contributed by atoms with Crippen LogP contribution in [0.5, 0.6) is 0 Å². The van der Waals surface area contributed by atoms with Gasteiger partial charge in [-0.1, -0.05) is 6.08 Å². The number of hydrogen-bond donors (Lipinski definition) is 1. The van der Waals surface area contributed by atoms with Crippen molar-refractivity contribution in [3.8, 4) is 0 Å². The van der Waals surface area contributed by atoms with E-state index in [1.165, 1.54) is 6.08 Å². The fourth-order valence-electron chi connectivity index (χ4n) is 0.982. The Morgan fingerprint density at radius 1 is 1.69 bits per heavy atom. The minimum Gasteiger partial charge on any atom is -0.350 e. The summed E-state index contributed by atoms with van der Waals surface area (Å²) < 4.78 is 0. The lowest BCUT2D eigenvalue weighted by Crippen LogP contribution is -2.30. The van der Waals surface area contributed by atoms with Gasteiger partial charge in [0.2, 0.25) is 5.91 Å². The fraction of sp³-hybridized carbons (Fsp3) is 0.375. The molecule has 0 bridgehead atoms. The van der Waals surface area contributed by atoms with Crippen molar-refractivity contribution in [1.82, 2.24) is 5.32 Å². The lowest BCUT2D eigenvalue weighted by Gasteiger charge is -2.06. The van der Waals surface area contributed by atoms with Crippen molar-refractivity contribution in [2.75, 3.05) is 13.2 Å². The van der Waals surface area contributed by atoms with E-state index in [9.17, 15) is 19.7 Å². The van der Waals surface area contributed by atoms with Gasteiger partial charge in [-0.3, -0.25) is 9.59 Å². The molecule has 0 aromatic carbocycles. The smallest absolute Gasteiger partial charge is 0.294 e. The highest BCUT2D eigenvalue weighted by Gasteiger charge is 2.11. The molecule has 8 nitrogen and oxygen atoms in total. The summed E-state index contributed by atoms with van der Waals surface area (Å²) in [6.45, 7) is -0.207. The predicted octanol–water partition coefficient (Wildman–Crippen LogP) is -0.762. The van der Waals surface area contributed by atoms with Gasteiger partial charge in [0.1, 0.15) is 6.61 Å². The highest BCUT2D eigenvalue weighted by molar-refractivity contribution is 6.15. The Hall–Kier alpha value is -2.25. The van der Waals surface area contributed by atoms with Crippen LogP contribution in [0.3, 0.4) is 0 Å². The average Bonchev–Trinajstić information content (AvgIpc) is 2.25. The van der Waals surface area contributed by atoms with Crippen LogP contribution in [0, 0.1) is 10.1 Å². The zero-order chi connectivity index (χ0) is 12.0. The van der Waals surface area contributed by atoms with E-state index in [4.69, 9.17) is 0 Å². The summed E-state index contributed by atoms with van der Waals surface area (Å²) in [5.41, 5.74) is 0.265. The van der Waals surface area contributed by atoms with Crippen LogP contribution < -0.4 is 5.32 Å². The number of carbonyl (C=O) groups is 2. The number of dihydropyridines is 1. The quantitative estimate of drug-likeness (QED) is 0.377. The van der Waals surface area contributed by atoms with E-state index in [2.05, 4.69) is 15.1 Å². The molecule has 0 atom stereocenters. The van der Waals surface area contributed by atoms with Gasteiger partial charge in [0, 0.05) is 19.2 Å². The summed E-state index contributed by atoms with van der Waals surface area (Å²) in [5, 5.41) is 11.2. The second-order valence-electron chi connectivity index (χ2n) is 2.83. The third-order valence-corrected chi connectivity index (χ3v) is 1.69. The number of rotatable bonds is 5. The zero-order valence-electron chi connectivity index (χ0n) is 8.21. The summed E-state index contributed by atoms with van der Waals surface area (Å²) in [5.74, 6) is -0.753. The van der Waals surface area contributed by atoms with Crippen LogP contribution in [0.15, 0.2) is 16.6 Å². The first-order valence-electron chi connectivity index (χ1n) is 4.42. The number of nitrogens with one attached hydrogen (secondary N) is 1. The molecule has 1 aliphatic heterocycles. The predicted molar refractivity (Wildman–Crippen MR) is 52.2 cm³/mol.